The van der Waals surface area contributed by atoms with E-state index in [1.54, 1.807) is 0 Å². The van der Waals surface area contributed by atoms with E-state index in [-0.39, 0.29) is 12.3 Å². The molecule has 6 nitrogen and oxygen atoms in total. The number of nitrogens with two attached hydrogens (primary N) is 1. The molecule has 0 aromatic heterocycles. The fourth-order valence-electron chi connectivity index (χ4n) is 1.11. The number of rotatable bonds is 3. The Balaban J connectivity index is 3.20. The highest BCUT2D eigenvalue weighted by molar-refractivity contribution is 5.53. The van der Waals surface area contributed by atoms with Crippen molar-refractivity contribution in [2.45, 2.75) is 6.42 Å². The van der Waals surface area contributed by atoms with Gasteiger partial charge in [0.15, 0.2) is 5.75 Å². The van der Waals surface area contributed by atoms with E-state index in [0.717, 1.165) is 12.1 Å². The Labute approximate surface area is 79.7 Å². The topological polar surface area (TPSA) is 110 Å². The normalized spacial score (nSPS) is 10.1. The number of hydrogen-bond acceptors (Lipinski definition) is 5. The molecule has 0 radical (unpaired) electrons. The van der Waals surface area contributed by atoms with Gasteiger partial charge in [-0.3, -0.25) is 10.1 Å². The molecule has 6 heteroatoms. The second-order valence-corrected chi connectivity index (χ2v) is 2.77. The predicted octanol–water partition coefficient (Wildman–Crippen LogP) is 0.507. The van der Waals surface area contributed by atoms with Crippen molar-refractivity contribution in [1.82, 2.24) is 0 Å². The van der Waals surface area contributed by atoms with Gasteiger partial charge in [0.05, 0.1) is 4.92 Å². The standard InChI is InChI=1S/C8H10N2O4/c9-2-1-5-3-6(10(13)14)8(12)4-7(5)11/h3-4,11-12H,1-2,9H2. The summed E-state index contributed by atoms with van der Waals surface area (Å²) in [4.78, 5) is 9.71. The molecule has 0 aliphatic heterocycles. The average Bonchev–Trinajstić information content (AvgIpc) is 2.09. The second-order valence-electron chi connectivity index (χ2n) is 2.77. The van der Waals surface area contributed by atoms with Crippen LogP contribution in [0.15, 0.2) is 12.1 Å². The minimum Gasteiger partial charge on any atom is -0.508 e. The van der Waals surface area contributed by atoms with Crippen LogP contribution in [0, 0.1) is 10.1 Å². The molecule has 0 atom stereocenters. The van der Waals surface area contributed by atoms with Crippen LogP contribution in [0.3, 0.4) is 0 Å². The molecule has 0 saturated carbocycles. The fraction of sp³-hybridized carbons (Fsp3) is 0.250. The van der Waals surface area contributed by atoms with Crippen LogP contribution in [0.1, 0.15) is 5.56 Å². The summed E-state index contributed by atoms with van der Waals surface area (Å²) in [7, 11) is 0. The van der Waals surface area contributed by atoms with Crippen molar-refractivity contribution in [3.05, 3.63) is 27.8 Å². The number of nitro benzene ring substituents is 1. The first-order valence-corrected chi connectivity index (χ1v) is 3.95. The molecule has 1 rings (SSSR count). The number of phenolic OH excluding ortho intramolecular Hbond substituents is 2. The van der Waals surface area contributed by atoms with Gasteiger partial charge in [-0.2, -0.15) is 0 Å². The van der Waals surface area contributed by atoms with Crippen LogP contribution < -0.4 is 5.73 Å². The van der Waals surface area contributed by atoms with E-state index in [9.17, 15) is 15.2 Å². The minimum absolute atomic E-state index is 0.182. The smallest absolute Gasteiger partial charge is 0.311 e. The molecule has 1 aromatic carbocycles. The zero-order valence-electron chi connectivity index (χ0n) is 7.30. The van der Waals surface area contributed by atoms with Crippen LogP contribution in [0.4, 0.5) is 5.69 Å². The van der Waals surface area contributed by atoms with Gasteiger partial charge in [0.25, 0.3) is 0 Å². The summed E-state index contributed by atoms with van der Waals surface area (Å²) in [5.41, 5.74) is 5.18. The van der Waals surface area contributed by atoms with Crippen molar-refractivity contribution >= 4 is 5.69 Å². The van der Waals surface area contributed by atoms with E-state index in [1.165, 1.54) is 0 Å². The van der Waals surface area contributed by atoms with Crippen molar-refractivity contribution < 1.29 is 15.1 Å². The third-order valence-electron chi connectivity index (χ3n) is 1.79. The maximum absolute atomic E-state index is 10.4. The van der Waals surface area contributed by atoms with Crippen LogP contribution >= 0.6 is 0 Å². The van der Waals surface area contributed by atoms with Gasteiger partial charge in [0.1, 0.15) is 5.75 Å². The summed E-state index contributed by atoms with van der Waals surface area (Å²) in [6.07, 6.45) is 0.326. The Bertz CT molecular complexity index is 365. The summed E-state index contributed by atoms with van der Waals surface area (Å²) < 4.78 is 0. The quantitative estimate of drug-likeness (QED) is 0.484. The van der Waals surface area contributed by atoms with Crippen LogP contribution in [-0.4, -0.2) is 21.7 Å². The molecule has 0 saturated heterocycles. The van der Waals surface area contributed by atoms with Crippen molar-refractivity contribution in [2.24, 2.45) is 5.73 Å². The Morgan fingerprint density at radius 2 is 2.00 bits per heavy atom. The summed E-state index contributed by atoms with van der Waals surface area (Å²) >= 11 is 0. The van der Waals surface area contributed by atoms with Gasteiger partial charge >= 0.3 is 5.69 Å². The zero-order chi connectivity index (χ0) is 10.7. The van der Waals surface area contributed by atoms with Gasteiger partial charge in [0, 0.05) is 17.7 Å². The third kappa shape index (κ3) is 1.91. The maximum Gasteiger partial charge on any atom is 0.311 e. The van der Waals surface area contributed by atoms with Crippen molar-refractivity contribution in [2.75, 3.05) is 6.54 Å². The molecule has 0 aliphatic carbocycles. The summed E-state index contributed by atoms with van der Waals surface area (Å²) in [5, 5.41) is 28.8. The van der Waals surface area contributed by atoms with Gasteiger partial charge < -0.3 is 15.9 Å². The van der Waals surface area contributed by atoms with Gasteiger partial charge in [-0.1, -0.05) is 0 Å². The Hall–Kier alpha value is -1.82. The lowest BCUT2D eigenvalue weighted by atomic mass is 10.1. The largest absolute Gasteiger partial charge is 0.508 e. The van der Waals surface area contributed by atoms with E-state index in [4.69, 9.17) is 10.8 Å². The van der Waals surface area contributed by atoms with E-state index in [0.29, 0.717) is 12.0 Å². The number of benzene rings is 1. The SMILES string of the molecule is NCCc1cc([N+](=O)[O-])c(O)cc1O. The van der Waals surface area contributed by atoms with E-state index in [2.05, 4.69) is 0 Å². The molecule has 1 aromatic rings. The first-order valence-electron chi connectivity index (χ1n) is 3.95. The molecule has 0 amide bonds. The summed E-state index contributed by atoms with van der Waals surface area (Å²) in [6.45, 7) is 0.273. The first kappa shape index (κ1) is 10.3. The highest BCUT2D eigenvalue weighted by atomic mass is 16.6. The fourth-order valence-corrected chi connectivity index (χ4v) is 1.11. The lowest BCUT2D eigenvalue weighted by molar-refractivity contribution is -0.385. The van der Waals surface area contributed by atoms with Gasteiger partial charge in [-0.15, -0.1) is 0 Å². The summed E-state index contributed by atoms with van der Waals surface area (Å²) in [6, 6.07) is 2.07. The number of hydrogen-bond donors (Lipinski definition) is 3. The molecular formula is C8H10N2O4. The lowest BCUT2D eigenvalue weighted by Gasteiger charge is -2.03. The van der Waals surface area contributed by atoms with Crippen molar-refractivity contribution in [1.29, 1.82) is 0 Å². The molecule has 14 heavy (non-hydrogen) atoms. The Morgan fingerprint density at radius 3 is 2.50 bits per heavy atom. The highest BCUT2D eigenvalue weighted by Crippen LogP contribution is 2.32. The van der Waals surface area contributed by atoms with Crippen LogP contribution in [0.25, 0.3) is 0 Å². The first-order chi connectivity index (χ1) is 6.56. The van der Waals surface area contributed by atoms with Gasteiger partial charge in [-0.05, 0) is 13.0 Å². The molecule has 0 aliphatic rings. The average molecular weight is 198 g/mol. The molecule has 0 unspecified atom stereocenters. The van der Waals surface area contributed by atoms with E-state index >= 15 is 0 Å². The third-order valence-corrected chi connectivity index (χ3v) is 1.79. The number of nitrogens with zero attached hydrogens (tertiary/aromatic N) is 1. The van der Waals surface area contributed by atoms with E-state index < -0.39 is 16.4 Å². The van der Waals surface area contributed by atoms with Crippen LogP contribution in [-0.2, 0) is 6.42 Å². The molecule has 76 valence electrons. The highest BCUT2D eigenvalue weighted by Gasteiger charge is 2.16. The molecule has 0 fully saturated rings. The summed E-state index contributed by atoms with van der Waals surface area (Å²) in [5.74, 6) is -0.730. The lowest BCUT2D eigenvalue weighted by Crippen LogP contribution is -2.03. The Kier molecular flexibility index (Phi) is 2.88. The molecule has 0 bridgehead atoms. The van der Waals surface area contributed by atoms with E-state index in [1.807, 2.05) is 0 Å². The van der Waals surface area contributed by atoms with Crippen LogP contribution in [0.5, 0.6) is 11.5 Å². The number of phenols is 2. The predicted molar refractivity (Wildman–Crippen MR) is 49.2 cm³/mol. The molecule has 0 heterocycles. The van der Waals surface area contributed by atoms with Gasteiger partial charge in [-0.25, -0.2) is 0 Å². The molecule has 4 N–H and O–H groups in total. The van der Waals surface area contributed by atoms with Crippen molar-refractivity contribution in [3.8, 4) is 11.5 Å². The monoisotopic (exact) mass is 198 g/mol. The zero-order valence-corrected chi connectivity index (χ0v) is 7.30. The second kappa shape index (κ2) is 3.93. The maximum atomic E-state index is 10.4. The number of nitro groups is 1. The van der Waals surface area contributed by atoms with Crippen molar-refractivity contribution in [3.63, 3.8) is 0 Å². The van der Waals surface area contributed by atoms with Crippen LogP contribution in [0.2, 0.25) is 0 Å². The molecular weight excluding hydrogens is 188 g/mol. The van der Waals surface area contributed by atoms with Gasteiger partial charge in [0.2, 0.25) is 0 Å². The Morgan fingerprint density at radius 1 is 1.36 bits per heavy atom. The number of aromatic hydroxyl groups is 2. The minimum atomic E-state index is -0.714. The molecule has 0 spiro atoms.